The summed E-state index contributed by atoms with van der Waals surface area (Å²) in [6.45, 7) is 0.119. The van der Waals surface area contributed by atoms with Crippen LogP contribution in [0.3, 0.4) is 0 Å². The monoisotopic (exact) mass is 656 g/mol. The molecule has 0 atom stereocenters. The van der Waals surface area contributed by atoms with Gasteiger partial charge in [0.1, 0.15) is 0 Å². The molecule has 11 rings (SSSR count). The zero-order valence-corrected chi connectivity index (χ0v) is 28.4. The van der Waals surface area contributed by atoms with Crippen LogP contribution in [0.15, 0.2) is 176 Å². The van der Waals surface area contributed by atoms with Gasteiger partial charge in [0.25, 0.3) is 6.71 Å². The van der Waals surface area contributed by atoms with Crippen molar-refractivity contribution < 1.29 is 0 Å². The summed E-state index contributed by atoms with van der Waals surface area (Å²) in [6.07, 6.45) is 0. The summed E-state index contributed by atoms with van der Waals surface area (Å²) in [5, 5.41) is 7.05. The Hall–Kier alpha value is -5.62. The Kier molecular flexibility index (Phi) is 5.69. The quantitative estimate of drug-likeness (QED) is 0.196. The fraction of sp³-hybridized carbons (Fsp3) is 0. The van der Waals surface area contributed by atoms with Gasteiger partial charge in [0, 0.05) is 43.3 Å². The third-order valence-corrected chi connectivity index (χ3v) is 17.0. The number of hydrogen-bond acceptors (Lipinski definition) is 3. The van der Waals surface area contributed by atoms with E-state index in [9.17, 15) is 0 Å². The smallest absolute Gasteiger partial charge is 0.264 e. The summed E-state index contributed by atoms with van der Waals surface area (Å²) in [5.74, 6) is 0. The highest BCUT2D eigenvalue weighted by atomic mass is 32.1. The van der Waals surface area contributed by atoms with E-state index in [2.05, 4.69) is 186 Å². The van der Waals surface area contributed by atoms with E-state index in [1.807, 2.05) is 11.3 Å². The molecule has 0 amide bonds. The molecule has 8 aromatic rings. The molecule has 4 heterocycles. The average molecular weight is 657 g/mol. The Morgan fingerprint density at radius 1 is 0.449 bits per heavy atom. The van der Waals surface area contributed by atoms with Crippen molar-refractivity contribution in [1.82, 2.24) is 0 Å². The molecule has 49 heavy (non-hydrogen) atoms. The van der Waals surface area contributed by atoms with Gasteiger partial charge < -0.3 is 9.80 Å². The number of anilines is 6. The second-order valence-corrected chi connectivity index (χ2v) is 18.0. The lowest BCUT2D eigenvalue weighted by Gasteiger charge is -2.50. The summed E-state index contributed by atoms with van der Waals surface area (Å²) in [6, 6.07) is 66.1. The highest BCUT2D eigenvalue weighted by Gasteiger charge is 2.53. The third-order valence-electron chi connectivity index (χ3n) is 10.9. The summed E-state index contributed by atoms with van der Waals surface area (Å²) in [4.78, 5) is 5.15. The number of rotatable bonds is 3. The Labute approximate surface area is 291 Å². The third kappa shape index (κ3) is 3.51. The van der Waals surface area contributed by atoms with E-state index in [1.165, 1.54) is 80.7 Å². The molecule has 0 spiro atoms. The first-order valence-electron chi connectivity index (χ1n) is 17.0. The number of thiophene rings is 1. The molecule has 2 nitrogen and oxygen atoms in total. The molecule has 0 unspecified atom stereocenters. The van der Waals surface area contributed by atoms with Crippen LogP contribution in [0.5, 0.6) is 0 Å². The maximum atomic E-state index is 2.62. The molecule has 3 aliphatic heterocycles. The summed E-state index contributed by atoms with van der Waals surface area (Å²) < 4.78 is 2.75. The van der Waals surface area contributed by atoms with Gasteiger partial charge in [0.2, 0.25) is 0 Å². The molecule has 0 radical (unpaired) electrons. The predicted octanol–water partition coefficient (Wildman–Crippen LogP) is 6.67. The van der Waals surface area contributed by atoms with Crippen molar-refractivity contribution in [3.05, 3.63) is 176 Å². The van der Waals surface area contributed by atoms with Crippen LogP contribution in [0.25, 0.3) is 10.1 Å². The van der Waals surface area contributed by atoms with Crippen LogP contribution < -0.4 is 46.2 Å². The maximum Gasteiger partial charge on any atom is 0.264 e. The molecule has 0 saturated heterocycles. The van der Waals surface area contributed by atoms with Crippen LogP contribution in [0.2, 0.25) is 0 Å². The summed E-state index contributed by atoms with van der Waals surface area (Å²) in [7, 11) is -2.73. The van der Waals surface area contributed by atoms with Gasteiger partial charge in [-0.25, -0.2) is 0 Å². The van der Waals surface area contributed by atoms with Crippen LogP contribution >= 0.6 is 11.3 Å². The number of benzene rings is 7. The topological polar surface area (TPSA) is 6.48 Å². The lowest BCUT2D eigenvalue weighted by Crippen LogP contribution is -2.78. The molecule has 0 fully saturated rings. The van der Waals surface area contributed by atoms with Crippen molar-refractivity contribution in [2.45, 2.75) is 0 Å². The first-order chi connectivity index (χ1) is 24.4. The van der Waals surface area contributed by atoms with Gasteiger partial charge in [-0.3, -0.25) is 0 Å². The Balaban J connectivity index is 1.30. The Bertz CT molecular complexity index is 2550. The molecule has 0 N–H and O–H groups in total. The van der Waals surface area contributed by atoms with E-state index in [-0.39, 0.29) is 6.71 Å². The molecule has 0 aliphatic carbocycles. The van der Waals surface area contributed by atoms with Gasteiger partial charge in [-0.2, -0.15) is 0 Å². The van der Waals surface area contributed by atoms with Gasteiger partial charge in [-0.05, 0) is 68.1 Å². The molecule has 0 saturated carbocycles. The largest absolute Gasteiger partial charge is 0.312 e. The average Bonchev–Trinajstić information content (AvgIpc) is 3.56. The second kappa shape index (κ2) is 10.2. The highest BCUT2D eigenvalue weighted by molar-refractivity contribution is 7.34. The molecule has 0 bridgehead atoms. The molecule has 7 aromatic carbocycles. The fourth-order valence-electron chi connectivity index (χ4n) is 9.11. The Morgan fingerprint density at radius 2 is 1.02 bits per heavy atom. The van der Waals surface area contributed by atoms with E-state index in [0.717, 1.165) is 0 Å². The van der Waals surface area contributed by atoms with Crippen LogP contribution in [0, 0.1) is 0 Å². The number of nitrogens with zero attached hydrogens (tertiary/aromatic N) is 2. The van der Waals surface area contributed by atoms with Crippen LogP contribution in [-0.4, -0.2) is 14.8 Å². The Morgan fingerprint density at radius 3 is 1.78 bits per heavy atom. The second-order valence-electron chi connectivity index (χ2n) is 13.2. The van der Waals surface area contributed by atoms with Crippen molar-refractivity contribution in [3.63, 3.8) is 0 Å². The predicted molar refractivity (Wildman–Crippen MR) is 213 cm³/mol. The zero-order chi connectivity index (χ0) is 32.1. The van der Waals surface area contributed by atoms with E-state index >= 15 is 0 Å². The molecule has 228 valence electrons. The minimum Gasteiger partial charge on any atom is -0.312 e. The van der Waals surface area contributed by atoms with Gasteiger partial charge >= 0.3 is 0 Å². The normalized spacial score (nSPS) is 14.6. The van der Waals surface area contributed by atoms with Crippen molar-refractivity contribution in [2.24, 2.45) is 0 Å². The van der Waals surface area contributed by atoms with Crippen molar-refractivity contribution in [2.75, 3.05) is 9.80 Å². The maximum absolute atomic E-state index is 2.73. The lowest BCUT2D eigenvalue weighted by atomic mass is 9.36. The van der Waals surface area contributed by atoms with Crippen LogP contribution in [0.1, 0.15) is 0 Å². The minimum absolute atomic E-state index is 0.119. The molecule has 3 aliphatic rings. The first kappa shape index (κ1) is 27.3. The van der Waals surface area contributed by atoms with Gasteiger partial charge in [0.05, 0.1) is 5.69 Å². The SMILES string of the molecule is c1ccc(N2c3cccc4c3B(c3cccc5c3N4c3ccccc3[Si]5(c3ccccc3)c3ccccc3)c3sc4ccccc4c32)cc1. The van der Waals surface area contributed by atoms with Gasteiger partial charge in [-0.15, -0.1) is 11.3 Å². The van der Waals surface area contributed by atoms with Crippen LogP contribution in [-0.2, 0) is 0 Å². The number of fused-ring (bicyclic) bond motifs is 8. The van der Waals surface area contributed by atoms with Crippen molar-refractivity contribution in [3.8, 4) is 0 Å². The number of hydrogen-bond donors (Lipinski definition) is 0. The summed E-state index contributed by atoms with van der Waals surface area (Å²) >= 11 is 1.96. The summed E-state index contributed by atoms with van der Waals surface area (Å²) in [5.41, 5.74) is 10.5. The van der Waals surface area contributed by atoms with E-state index in [0.29, 0.717) is 0 Å². The van der Waals surface area contributed by atoms with E-state index in [4.69, 9.17) is 0 Å². The minimum atomic E-state index is -2.73. The molecule has 1 aromatic heterocycles. The van der Waals surface area contributed by atoms with Crippen LogP contribution in [0.4, 0.5) is 34.1 Å². The first-order valence-corrected chi connectivity index (χ1v) is 19.8. The fourth-order valence-corrected chi connectivity index (χ4v) is 15.6. The molecular formula is C44H29BN2SSi. The van der Waals surface area contributed by atoms with Crippen molar-refractivity contribution >= 4 is 107 Å². The molecule has 5 heteroatoms. The number of para-hydroxylation sites is 3. The van der Waals surface area contributed by atoms with Gasteiger partial charge in [0.15, 0.2) is 8.07 Å². The zero-order valence-electron chi connectivity index (χ0n) is 26.6. The van der Waals surface area contributed by atoms with Crippen molar-refractivity contribution in [1.29, 1.82) is 0 Å². The molecular weight excluding hydrogens is 627 g/mol. The van der Waals surface area contributed by atoms with E-state index < -0.39 is 8.07 Å². The lowest BCUT2D eigenvalue weighted by molar-refractivity contribution is 1.27. The standard InChI is InChI=1S/C44H29BN2SSi/c1-4-16-30(17-5-1)46-36-25-15-26-37-41(36)45(44-42(46)33-22-10-12-27-38(33)48-44)34-23-14-29-40-43(34)47(37)35-24-11-13-28-39(35)49(40,31-18-6-2-7-19-31)32-20-8-3-9-21-32/h1-29H. The van der Waals surface area contributed by atoms with Gasteiger partial charge in [-0.1, -0.05) is 140 Å². The van der Waals surface area contributed by atoms with E-state index in [1.54, 1.807) is 0 Å². The highest BCUT2D eigenvalue weighted by Crippen LogP contribution is 2.48.